The Kier molecular flexibility index (Phi) is 7.15. The van der Waals surface area contributed by atoms with Crippen molar-refractivity contribution in [3.8, 4) is 5.75 Å². The van der Waals surface area contributed by atoms with Gasteiger partial charge in [0.15, 0.2) is 12.4 Å². The van der Waals surface area contributed by atoms with E-state index >= 15 is 0 Å². The first-order valence-corrected chi connectivity index (χ1v) is 9.45. The van der Waals surface area contributed by atoms with E-state index in [1.165, 1.54) is 0 Å². The highest BCUT2D eigenvalue weighted by Gasteiger charge is 2.21. The summed E-state index contributed by atoms with van der Waals surface area (Å²) in [5, 5.41) is 2.79. The average Bonchev–Trinajstić information content (AvgIpc) is 2.65. The second kappa shape index (κ2) is 9.37. The number of carbonyl (C=O) groups is 3. The van der Waals surface area contributed by atoms with Crippen LogP contribution in [0.5, 0.6) is 5.75 Å². The van der Waals surface area contributed by atoms with Gasteiger partial charge in [0.05, 0.1) is 11.7 Å². The largest absolute Gasteiger partial charge is 0.491 e. The molecule has 6 heteroatoms. The van der Waals surface area contributed by atoms with E-state index in [0.29, 0.717) is 22.6 Å². The number of hydrogen-bond donors (Lipinski definition) is 1. The highest BCUT2D eigenvalue weighted by atomic mass is 16.5. The lowest BCUT2D eigenvalue weighted by atomic mass is 9.95. The quantitative estimate of drug-likeness (QED) is 0.550. The number of Topliss-reactive ketones (excluding diaryl/α,β-unsaturated/α-hetero) is 1. The predicted molar refractivity (Wildman–Crippen MR) is 111 cm³/mol. The number of benzene rings is 2. The molecule has 0 saturated carbocycles. The number of ketones is 1. The smallest absolute Gasteiger partial charge is 0.338 e. The van der Waals surface area contributed by atoms with E-state index in [0.717, 1.165) is 0 Å². The van der Waals surface area contributed by atoms with Gasteiger partial charge in [0, 0.05) is 16.7 Å². The van der Waals surface area contributed by atoms with Crippen LogP contribution in [0, 0.1) is 5.41 Å². The van der Waals surface area contributed by atoms with Crippen molar-refractivity contribution >= 4 is 23.3 Å². The molecule has 6 nitrogen and oxygen atoms in total. The molecule has 154 valence electrons. The van der Waals surface area contributed by atoms with Crippen molar-refractivity contribution in [1.82, 2.24) is 0 Å². The number of esters is 1. The van der Waals surface area contributed by atoms with Crippen molar-refractivity contribution in [3.05, 3.63) is 59.7 Å². The van der Waals surface area contributed by atoms with E-state index in [4.69, 9.17) is 9.47 Å². The summed E-state index contributed by atoms with van der Waals surface area (Å²) < 4.78 is 10.6. The van der Waals surface area contributed by atoms with Crippen LogP contribution in [-0.4, -0.2) is 30.4 Å². The summed E-state index contributed by atoms with van der Waals surface area (Å²) in [4.78, 5) is 36.4. The molecule has 0 radical (unpaired) electrons. The van der Waals surface area contributed by atoms with E-state index in [1.807, 2.05) is 34.6 Å². The minimum absolute atomic E-state index is 0.0404. The highest BCUT2D eigenvalue weighted by molar-refractivity contribution is 6.00. The van der Waals surface area contributed by atoms with Crippen LogP contribution in [0.3, 0.4) is 0 Å². The summed E-state index contributed by atoms with van der Waals surface area (Å²) in [6, 6.07) is 13.0. The van der Waals surface area contributed by atoms with Gasteiger partial charge in [-0.2, -0.15) is 0 Å². The van der Waals surface area contributed by atoms with Gasteiger partial charge in [0.25, 0.3) is 0 Å². The molecular formula is C23H27NO5. The molecule has 2 aromatic carbocycles. The lowest BCUT2D eigenvalue weighted by molar-refractivity contribution is -0.123. The zero-order valence-electron chi connectivity index (χ0n) is 17.4. The van der Waals surface area contributed by atoms with Crippen molar-refractivity contribution in [1.29, 1.82) is 0 Å². The summed E-state index contributed by atoms with van der Waals surface area (Å²) in [6.45, 7) is 8.92. The van der Waals surface area contributed by atoms with Crippen LogP contribution in [0.25, 0.3) is 0 Å². The zero-order chi connectivity index (χ0) is 21.6. The highest BCUT2D eigenvalue weighted by Crippen LogP contribution is 2.18. The van der Waals surface area contributed by atoms with Gasteiger partial charge < -0.3 is 14.8 Å². The lowest BCUT2D eigenvalue weighted by Crippen LogP contribution is -2.27. The maximum atomic E-state index is 12.3. The SMILES string of the molecule is CC(C)Oc1ccc(C(=O)OCC(=O)c2ccc(NC(=O)C(C)(C)C)cc2)cc1. The average molecular weight is 397 g/mol. The Morgan fingerprint density at radius 1 is 0.897 bits per heavy atom. The van der Waals surface area contributed by atoms with Crippen molar-refractivity contribution in [2.75, 3.05) is 11.9 Å². The molecule has 0 saturated heterocycles. The number of anilines is 1. The molecule has 1 amide bonds. The Morgan fingerprint density at radius 3 is 1.97 bits per heavy atom. The number of ether oxygens (including phenoxy) is 2. The molecule has 0 aliphatic rings. The molecule has 0 atom stereocenters. The van der Waals surface area contributed by atoms with E-state index in [2.05, 4.69) is 5.32 Å². The summed E-state index contributed by atoms with van der Waals surface area (Å²) in [6.07, 6.45) is 0.0404. The molecule has 0 fully saturated rings. The summed E-state index contributed by atoms with van der Waals surface area (Å²) >= 11 is 0. The number of hydrogen-bond acceptors (Lipinski definition) is 5. The molecule has 0 bridgehead atoms. The molecule has 0 heterocycles. The molecule has 29 heavy (non-hydrogen) atoms. The number of amides is 1. The Morgan fingerprint density at radius 2 is 1.45 bits per heavy atom. The molecule has 0 spiro atoms. The van der Waals surface area contributed by atoms with E-state index < -0.39 is 11.4 Å². The first-order chi connectivity index (χ1) is 13.6. The van der Waals surface area contributed by atoms with Crippen molar-refractivity contribution in [3.63, 3.8) is 0 Å². The molecular weight excluding hydrogens is 370 g/mol. The van der Waals surface area contributed by atoms with Gasteiger partial charge in [-0.3, -0.25) is 9.59 Å². The number of nitrogens with one attached hydrogen (secondary N) is 1. The number of carbonyl (C=O) groups excluding carboxylic acids is 3. The lowest BCUT2D eigenvalue weighted by Gasteiger charge is -2.17. The first-order valence-electron chi connectivity index (χ1n) is 9.45. The third kappa shape index (κ3) is 6.75. The molecule has 2 aromatic rings. The van der Waals surface area contributed by atoms with Gasteiger partial charge in [-0.05, 0) is 62.4 Å². The normalized spacial score (nSPS) is 11.1. The van der Waals surface area contributed by atoms with E-state index in [1.54, 1.807) is 48.5 Å². The fourth-order valence-corrected chi connectivity index (χ4v) is 2.30. The topological polar surface area (TPSA) is 81.7 Å². The van der Waals surface area contributed by atoms with Gasteiger partial charge in [-0.25, -0.2) is 4.79 Å². The molecule has 1 N–H and O–H groups in total. The van der Waals surface area contributed by atoms with Crippen LogP contribution < -0.4 is 10.1 Å². The predicted octanol–water partition coefficient (Wildman–Crippen LogP) is 4.50. The molecule has 0 aromatic heterocycles. The summed E-state index contributed by atoms with van der Waals surface area (Å²) in [5.74, 6) is -0.364. The van der Waals surface area contributed by atoms with Crippen molar-refractivity contribution in [2.45, 2.75) is 40.7 Å². The van der Waals surface area contributed by atoms with E-state index in [-0.39, 0.29) is 24.4 Å². The van der Waals surface area contributed by atoms with Crippen LogP contribution in [0.2, 0.25) is 0 Å². The fourth-order valence-electron chi connectivity index (χ4n) is 2.30. The first kappa shape index (κ1) is 22.1. The minimum atomic E-state index is -0.580. The molecule has 0 unspecified atom stereocenters. The van der Waals surface area contributed by atoms with Crippen LogP contribution >= 0.6 is 0 Å². The zero-order valence-corrected chi connectivity index (χ0v) is 17.4. The van der Waals surface area contributed by atoms with Gasteiger partial charge >= 0.3 is 5.97 Å². The van der Waals surface area contributed by atoms with Gasteiger partial charge in [0.2, 0.25) is 5.91 Å². The molecule has 0 aliphatic heterocycles. The van der Waals surface area contributed by atoms with Crippen LogP contribution in [0.1, 0.15) is 55.3 Å². The standard InChI is InChI=1S/C23H27NO5/c1-15(2)29-19-12-8-17(9-13-19)21(26)28-14-20(25)16-6-10-18(11-7-16)24-22(27)23(3,4)5/h6-13,15H,14H2,1-5H3,(H,24,27). The van der Waals surface area contributed by atoms with Crippen molar-refractivity contribution in [2.24, 2.45) is 5.41 Å². The summed E-state index contributed by atoms with van der Waals surface area (Å²) in [7, 11) is 0. The maximum absolute atomic E-state index is 12.3. The Hall–Kier alpha value is -3.15. The Balaban J connectivity index is 1.90. The third-order valence-electron chi connectivity index (χ3n) is 3.94. The van der Waals surface area contributed by atoms with Gasteiger partial charge in [0.1, 0.15) is 5.75 Å². The minimum Gasteiger partial charge on any atom is -0.491 e. The molecule has 0 aliphatic carbocycles. The second-order valence-electron chi connectivity index (χ2n) is 7.97. The molecule has 2 rings (SSSR count). The second-order valence-corrected chi connectivity index (χ2v) is 7.97. The van der Waals surface area contributed by atoms with Gasteiger partial charge in [-0.15, -0.1) is 0 Å². The van der Waals surface area contributed by atoms with Crippen LogP contribution in [0.15, 0.2) is 48.5 Å². The number of rotatable bonds is 7. The van der Waals surface area contributed by atoms with Crippen molar-refractivity contribution < 1.29 is 23.9 Å². The fraction of sp³-hybridized carbons (Fsp3) is 0.348. The Labute approximate surface area is 171 Å². The Bertz CT molecular complexity index is 862. The van der Waals surface area contributed by atoms with Gasteiger partial charge in [-0.1, -0.05) is 20.8 Å². The summed E-state index contributed by atoms with van der Waals surface area (Å²) in [5.41, 5.74) is 0.825. The van der Waals surface area contributed by atoms with Crippen LogP contribution in [-0.2, 0) is 9.53 Å². The monoisotopic (exact) mass is 397 g/mol. The third-order valence-corrected chi connectivity index (χ3v) is 3.94. The van der Waals surface area contributed by atoms with Crippen LogP contribution in [0.4, 0.5) is 5.69 Å². The van der Waals surface area contributed by atoms with E-state index in [9.17, 15) is 14.4 Å². The maximum Gasteiger partial charge on any atom is 0.338 e.